The highest BCUT2D eigenvalue weighted by Crippen LogP contribution is 2.29. The lowest BCUT2D eigenvalue weighted by atomic mass is 9.83. The van der Waals surface area contributed by atoms with Crippen molar-refractivity contribution in [1.29, 1.82) is 0 Å². The van der Waals surface area contributed by atoms with Crippen molar-refractivity contribution in [2.24, 2.45) is 17.6 Å². The van der Waals surface area contributed by atoms with E-state index in [1.807, 2.05) is 43.3 Å². The van der Waals surface area contributed by atoms with Crippen LogP contribution in [0.3, 0.4) is 0 Å². The summed E-state index contributed by atoms with van der Waals surface area (Å²) >= 11 is 0. The van der Waals surface area contributed by atoms with Crippen LogP contribution in [0.1, 0.15) is 107 Å². The Morgan fingerprint density at radius 1 is 0.680 bits per heavy atom. The maximum Gasteiger partial charge on any atom is 0.246 e. The van der Waals surface area contributed by atoms with Gasteiger partial charge in [0, 0.05) is 62.9 Å². The number of carbonyl (C=O) groups is 8. The van der Waals surface area contributed by atoms with Crippen LogP contribution < -0.4 is 37.6 Å². The number of nitrogens with two attached hydrogens (primary N) is 1. The number of primary amides is 1. The van der Waals surface area contributed by atoms with Crippen LogP contribution in [0.25, 0.3) is 0 Å². The number of nitrogens with zero attached hydrogens (tertiary/aromatic N) is 3. The average molecular weight is 1040 g/mol. The van der Waals surface area contributed by atoms with E-state index in [-0.39, 0.29) is 44.1 Å². The Labute approximate surface area is 437 Å². The summed E-state index contributed by atoms with van der Waals surface area (Å²) < 4.78 is 0. The van der Waals surface area contributed by atoms with E-state index in [2.05, 4.69) is 51.8 Å². The molecule has 2 aliphatic rings. The third-order valence-corrected chi connectivity index (χ3v) is 14.3. The number of aliphatic hydroxyl groups is 1. The van der Waals surface area contributed by atoms with Crippen LogP contribution in [-0.4, -0.2) is 132 Å². The summed E-state index contributed by atoms with van der Waals surface area (Å²) in [5, 5.41) is 28.8. The first-order chi connectivity index (χ1) is 36.1. The number of hydrogen-bond acceptors (Lipinski definition) is 11. The van der Waals surface area contributed by atoms with Gasteiger partial charge in [0.05, 0.1) is 31.2 Å². The zero-order chi connectivity index (χ0) is 53.9. The van der Waals surface area contributed by atoms with E-state index >= 15 is 0 Å². The molecule has 0 radical (unpaired) electrons. The summed E-state index contributed by atoms with van der Waals surface area (Å²) in [6.07, 6.45) is 10.6. The second kappa shape index (κ2) is 28.3. The minimum atomic E-state index is -1.43. The van der Waals surface area contributed by atoms with Gasteiger partial charge >= 0.3 is 0 Å². The van der Waals surface area contributed by atoms with Crippen molar-refractivity contribution in [3.63, 3.8) is 0 Å². The molecule has 9 atom stereocenters. The SMILES string of the molecule is CCC(C)[C@H](NC(=O)C[C@H](O)[C@H](CC1CCCCC1)NC(=O)[C@H](Cc1cnc[nH]1)NC(=O)[C@H](Cc1ccccc1)NC(=O)[C@@H]1CCCN1C(=O)[C@H](Cc1cnc[nH]1)NC(C)=O)C(=O)N[C@@H](Cc1ccccc1)C(N)=O. The highest BCUT2D eigenvalue weighted by atomic mass is 16.3. The van der Waals surface area contributed by atoms with Crippen molar-refractivity contribution < 1.29 is 43.5 Å². The van der Waals surface area contributed by atoms with Gasteiger partial charge in [0.25, 0.3) is 0 Å². The molecular formula is C54H74N12O9. The number of amides is 8. The zero-order valence-electron chi connectivity index (χ0n) is 43.1. The third-order valence-electron chi connectivity index (χ3n) is 14.3. The molecule has 0 spiro atoms. The van der Waals surface area contributed by atoms with Crippen molar-refractivity contribution in [3.05, 3.63) is 108 Å². The number of likely N-dealkylation sites (tertiary alicyclic amines) is 1. The van der Waals surface area contributed by atoms with Gasteiger partial charge in [-0.05, 0) is 42.2 Å². The highest BCUT2D eigenvalue weighted by Gasteiger charge is 2.40. The predicted octanol–water partition coefficient (Wildman–Crippen LogP) is 1.58. The molecule has 2 fully saturated rings. The molecule has 1 aliphatic carbocycles. The smallest absolute Gasteiger partial charge is 0.246 e. The number of hydrogen-bond donors (Lipinski definition) is 10. The first kappa shape index (κ1) is 56.9. The second-order valence-electron chi connectivity index (χ2n) is 20.0. The molecule has 4 aromatic rings. The van der Waals surface area contributed by atoms with Gasteiger partial charge in [-0.25, -0.2) is 9.97 Å². The number of carbonyl (C=O) groups excluding carboxylic acids is 8. The maximum atomic E-state index is 14.7. The Morgan fingerprint density at radius 2 is 1.24 bits per heavy atom. The van der Waals surface area contributed by atoms with Crippen LogP contribution in [0.15, 0.2) is 85.7 Å². The monoisotopic (exact) mass is 1030 g/mol. The largest absolute Gasteiger partial charge is 0.390 e. The van der Waals surface area contributed by atoms with Gasteiger partial charge in [-0.2, -0.15) is 0 Å². The molecule has 3 heterocycles. The van der Waals surface area contributed by atoms with Crippen molar-refractivity contribution in [2.45, 2.75) is 159 Å². The van der Waals surface area contributed by atoms with E-state index in [0.29, 0.717) is 42.6 Å². The topological polar surface area (TPSA) is 316 Å². The van der Waals surface area contributed by atoms with Gasteiger partial charge < -0.3 is 57.6 Å². The maximum absolute atomic E-state index is 14.7. The fourth-order valence-electron chi connectivity index (χ4n) is 9.97. The van der Waals surface area contributed by atoms with E-state index in [4.69, 9.17) is 5.73 Å². The zero-order valence-corrected chi connectivity index (χ0v) is 43.1. The average Bonchev–Trinajstić information content (AvgIpc) is 4.22. The molecule has 1 aliphatic heterocycles. The Bertz CT molecular complexity index is 2490. The summed E-state index contributed by atoms with van der Waals surface area (Å²) in [5.41, 5.74) is 8.31. The van der Waals surface area contributed by atoms with Gasteiger partial charge in [0.2, 0.25) is 47.3 Å². The number of rotatable bonds is 27. The number of aromatic nitrogens is 4. The third kappa shape index (κ3) is 17.3. The molecule has 1 unspecified atom stereocenters. The van der Waals surface area contributed by atoms with Crippen molar-refractivity contribution in [3.8, 4) is 0 Å². The Hall–Kier alpha value is -7.42. The van der Waals surface area contributed by atoms with Gasteiger partial charge in [-0.1, -0.05) is 113 Å². The molecule has 2 aromatic heterocycles. The Kier molecular flexibility index (Phi) is 21.5. The molecule has 1 saturated carbocycles. The molecule has 6 rings (SSSR count). The molecule has 8 amide bonds. The fourth-order valence-corrected chi connectivity index (χ4v) is 9.97. The summed E-state index contributed by atoms with van der Waals surface area (Å²) in [6, 6.07) is 10.5. The molecule has 404 valence electrons. The lowest BCUT2D eigenvalue weighted by Crippen LogP contribution is -2.60. The fraction of sp³-hybridized carbons (Fsp3) is 0.519. The van der Waals surface area contributed by atoms with Crippen molar-refractivity contribution >= 4 is 47.3 Å². The normalized spacial score (nSPS) is 17.9. The Balaban J connectivity index is 1.19. The van der Waals surface area contributed by atoms with Gasteiger partial charge in [-0.3, -0.25) is 38.4 Å². The van der Waals surface area contributed by atoms with E-state index in [9.17, 15) is 43.5 Å². The first-order valence-corrected chi connectivity index (χ1v) is 26.2. The van der Waals surface area contributed by atoms with Crippen LogP contribution in [0.5, 0.6) is 0 Å². The summed E-state index contributed by atoms with van der Waals surface area (Å²) in [4.78, 5) is 126. The van der Waals surface area contributed by atoms with Gasteiger partial charge in [-0.15, -0.1) is 0 Å². The number of aliphatic hydroxyl groups excluding tert-OH is 1. The van der Waals surface area contributed by atoms with Crippen LogP contribution in [0.4, 0.5) is 0 Å². The first-order valence-electron chi connectivity index (χ1n) is 26.2. The molecule has 1 saturated heterocycles. The molecule has 21 heteroatoms. The van der Waals surface area contributed by atoms with Crippen LogP contribution in [0, 0.1) is 11.8 Å². The van der Waals surface area contributed by atoms with Crippen LogP contribution in [-0.2, 0) is 64.0 Å². The number of H-pyrrole nitrogens is 2. The Morgan fingerprint density at radius 3 is 1.80 bits per heavy atom. The molecule has 75 heavy (non-hydrogen) atoms. The quantitative estimate of drug-likeness (QED) is 0.0409. The van der Waals surface area contributed by atoms with E-state index < -0.39 is 102 Å². The summed E-state index contributed by atoms with van der Waals surface area (Å²) in [7, 11) is 0. The number of aromatic amines is 2. The van der Waals surface area contributed by atoms with Crippen LogP contribution in [0.2, 0.25) is 0 Å². The molecular weight excluding hydrogens is 961 g/mol. The number of imidazole rings is 2. The molecule has 21 nitrogen and oxygen atoms in total. The number of benzene rings is 2. The van der Waals surface area contributed by atoms with Gasteiger partial charge in [0.1, 0.15) is 36.3 Å². The lowest BCUT2D eigenvalue weighted by Gasteiger charge is -2.32. The summed E-state index contributed by atoms with van der Waals surface area (Å²) in [5.74, 6) is -5.10. The minimum Gasteiger partial charge on any atom is -0.390 e. The molecule has 11 N–H and O–H groups in total. The predicted molar refractivity (Wildman–Crippen MR) is 277 cm³/mol. The lowest BCUT2D eigenvalue weighted by molar-refractivity contribution is -0.142. The van der Waals surface area contributed by atoms with Crippen molar-refractivity contribution in [1.82, 2.24) is 56.7 Å². The van der Waals surface area contributed by atoms with Crippen LogP contribution >= 0.6 is 0 Å². The molecule has 2 aromatic carbocycles. The minimum absolute atomic E-state index is 0.0236. The van der Waals surface area contributed by atoms with E-state index in [1.54, 1.807) is 37.4 Å². The van der Waals surface area contributed by atoms with E-state index in [1.165, 1.54) is 30.7 Å². The number of nitrogens with one attached hydrogen (secondary N) is 8. The second-order valence-corrected chi connectivity index (χ2v) is 20.0. The molecule has 0 bridgehead atoms. The van der Waals surface area contributed by atoms with Gasteiger partial charge in [0.15, 0.2) is 0 Å². The highest BCUT2D eigenvalue weighted by molar-refractivity contribution is 5.96. The standard InChI is InChI=1S/C54H74N12O9/c1-4-33(2)48(53(74)62-41(49(55)70)24-36-17-10-6-11-18-36)65-47(69)28-46(68)40(23-35-15-8-5-9-16-35)61-51(72)43(26-38-29-56-31-58-38)63-50(71)42(25-37-19-12-7-13-20-37)64-52(73)45-21-14-22-66(45)54(75)44(60-34(3)67)27-39-30-57-32-59-39/h6-7,10-13,17-20,29-33,35,40-46,48,68H,4-5,8-9,14-16,21-28H2,1-3H3,(H2,55,70)(H,56,58)(H,57,59)(H,60,67)(H,61,72)(H,62,74)(H,63,71)(H,64,73)(H,65,69)/t33?,40-,41-,42-,43-,44-,45-,46-,48-/m0/s1. The summed E-state index contributed by atoms with van der Waals surface area (Å²) in [6.45, 7) is 5.19. The van der Waals surface area contributed by atoms with E-state index in [0.717, 1.165) is 37.7 Å². The van der Waals surface area contributed by atoms with Crippen molar-refractivity contribution in [2.75, 3.05) is 6.54 Å².